The lowest BCUT2D eigenvalue weighted by Crippen LogP contribution is -2.45. The summed E-state index contributed by atoms with van der Waals surface area (Å²) in [4.78, 5) is 24.5. The molecule has 0 rings (SSSR count). The highest BCUT2D eigenvalue weighted by molar-refractivity contribution is 5.76. The van der Waals surface area contributed by atoms with Crippen molar-refractivity contribution in [3.63, 3.8) is 0 Å². The summed E-state index contributed by atoms with van der Waals surface area (Å²) in [6.07, 6.45) is 64.5. The maximum Gasteiger partial charge on any atom is 0.305 e. The maximum absolute atomic E-state index is 12.5. The number of hydrogen-bond acceptors (Lipinski definition) is 5. The number of aliphatic hydroxyl groups excluding tert-OH is 2. The molecule has 1 amide bonds. The van der Waals surface area contributed by atoms with Gasteiger partial charge in [0, 0.05) is 12.8 Å². The molecule has 0 bridgehead atoms. The molecule has 0 aromatic heterocycles. The Labute approximate surface area is 399 Å². The summed E-state index contributed by atoms with van der Waals surface area (Å²) >= 11 is 0. The summed E-state index contributed by atoms with van der Waals surface area (Å²) in [5.74, 6) is -0.0642. The molecule has 64 heavy (non-hydrogen) atoms. The van der Waals surface area contributed by atoms with Gasteiger partial charge in [-0.25, -0.2) is 0 Å². The number of hydrogen-bond donors (Lipinski definition) is 3. The Balaban J connectivity index is 3.50. The smallest absolute Gasteiger partial charge is 0.305 e. The summed E-state index contributed by atoms with van der Waals surface area (Å²) in [6.45, 7) is 4.92. The molecule has 0 heterocycles. The van der Waals surface area contributed by atoms with Crippen LogP contribution in [-0.2, 0) is 14.3 Å². The van der Waals surface area contributed by atoms with Crippen LogP contribution in [0.25, 0.3) is 0 Å². The summed E-state index contributed by atoms with van der Waals surface area (Å²) in [7, 11) is 0. The Hall–Kier alpha value is -1.66. The summed E-state index contributed by atoms with van der Waals surface area (Å²) in [6, 6.07) is -0.553. The Bertz CT molecular complexity index is 997. The fraction of sp³-hybridized carbons (Fsp3) is 0.897. The first-order valence-electron chi connectivity index (χ1n) is 28.6. The molecule has 0 spiro atoms. The molecule has 0 aliphatic heterocycles. The molecule has 2 atom stereocenters. The van der Waals surface area contributed by atoms with Crippen LogP contribution in [0.3, 0.4) is 0 Å². The molecular formula is C58H111NO5. The minimum atomic E-state index is -0.675. The van der Waals surface area contributed by atoms with Gasteiger partial charge in [0.05, 0.1) is 25.4 Å². The van der Waals surface area contributed by atoms with Gasteiger partial charge in [0.1, 0.15) is 0 Å². The maximum atomic E-state index is 12.5. The van der Waals surface area contributed by atoms with Crippen LogP contribution < -0.4 is 5.32 Å². The zero-order valence-electron chi connectivity index (χ0n) is 43.0. The number of ether oxygens (including phenoxy) is 1. The van der Waals surface area contributed by atoms with Gasteiger partial charge in [-0.15, -0.1) is 0 Å². The minimum Gasteiger partial charge on any atom is -0.466 e. The summed E-state index contributed by atoms with van der Waals surface area (Å²) < 4.78 is 5.43. The monoisotopic (exact) mass is 902 g/mol. The number of amides is 1. The van der Waals surface area contributed by atoms with Gasteiger partial charge in [0.2, 0.25) is 5.91 Å². The van der Waals surface area contributed by atoms with Crippen molar-refractivity contribution in [2.45, 2.75) is 321 Å². The predicted molar refractivity (Wildman–Crippen MR) is 278 cm³/mol. The average Bonchev–Trinajstić information content (AvgIpc) is 3.29. The van der Waals surface area contributed by atoms with E-state index in [4.69, 9.17) is 4.74 Å². The van der Waals surface area contributed by atoms with Crippen LogP contribution in [0, 0.1) is 0 Å². The number of esters is 1. The third-order valence-electron chi connectivity index (χ3n) is 13.3. The van der Waals surface area contributed by atoms with Crippen molar-refractivity contribution >= 4 is 11.9 Å². The third-order valence-corrected chi connectivity index (χ3v) is 13.3. The Morgan fingerprint density at radius 3 is 1.19 bits per heavy atom. The van der Waals surface area contributed by atoms with Crippen molar-refractivity contribution < 1.29 is 24.5 Å². The standard InChI is InChI=1S/C58H111NO5/c1-3-5-7-9-11-13-15-16-17-18-19-21-24-27-31-34-38-42-46-50-56(61)55(54-60)59-57(62)51-47-43-39-35-32-28-25-22-20-23-26-29-33-37-41-45-49-53-64-58(63)52-48-44-40-36-30-14-12-10-8-6-4-2/h20,23,29,33,55-56,60-61H,3-19,21-22,24-28,30-32,34-54H2,1-2H3,(H,59,62)/b23-20-,33-29-. The number of aliphatic hydroxyl groups is 2. The lowest BCUT2D eigenvalue weighted by molar-refractivity contribution is -0.143. The molecular weight excluding hydrogens is 791 g/mol. The van der Waals surface area contributed by atoms with Crippen LogP contribution in [0.1, 0.15) is 309 Å². The topological polar surface area (TPSA) is 95.9 Å². The van der Waals surface area contributed by atoms with Gasteiger partial charge < -0.3 is 20.3 Å². The predicted octanol–water partition coefficient (Wildman–Crippen LogP) is 17.5. The Morgan fingerprint density at radius 2 is 0.781 bits per heavy atom. The second-order valence-corrected chi connectivity index (χ2v) is 19.6. The van der Waals surface area contributed by atoms with E-state index >= 15 is 0 Å². The van der Waals surface area contributed by atoms with Crippen molar-refractivity contribution in [1.29, 1.82) is 0 Å². The zero-order chi connectivity index (χ0) is 46.5. The van der Waals surface area contributed by atoms with E-state index in [1.54, 1.807) is 0 Å². The highest BCUT2D eigenvalue weighted by Gasteiger charge is 2.20. The molecule has 3 N–H and O–H groups in total. The van der Waals surface area contributed by atoms with Gasteiger partial charge in [0.15, 0.2) is 0 Å². The van der Waals surface area contributed by atoms with Gasteiger partial charge in [-0.2, -0.15) is 0 Å². The fourth-order valence-corrected chi connectivity index (χ4v) is 8.85. The molecule has 0 aromatic rings. The number of carbonyl (C=O) groups is 2. The normalized spacial score (nSPS) is 12.8. The molecule has 0 aliphatic carbocycles. The van der Waals surface area contributed by atoms with E-state index in [1.165, 1.54) is 193 Å². The van der Waals surface area contributed by atoms with Crippen LogP contribution in [0.4, 0.5) is 0 Å². The minimum absolute atomic E-state index is 0.0155. The van der Waals surface area contributed by atoms with Gasteiger partial charge in [-0.05, 0) is 64.2 Å². The number of rotatable bonds is 53. The highest BCUT2D eigenvalue weighted by atomic mass is 16.5. The lowest BCUT2D eigenvalue weighted by Gasteiger charge is -2.22. The van der Waals surface area contributed by atoms with Crippen LogP contribution in [0.15, 0.2) is 24.3 Å². The van der Waals surface area contributed by atoms with Crippen molar-refractivity contribution in [3.8, 4) is 0 Å². The molecule has 6 nitrogen and oxygen atoms in total. The van der Waals surface area contributed by atoms with E-state index in [-0.39, 0.29) is 18.5 Å². The number of allylic oxidation sites excluding steroid dienone is 4. The molecule has 378 valence electrons. The SMILES string of the molecule is CCCCCCCCCCCCCCCCCCCCCC(O)C(CO)NC(=O)CCCCCCCCC/C=C\C/C=C\CCCCCOC(=O)CCCCCCCCCCCCC. The van der Waals surface area contributed by atoms with Crippen molar-refractivity contribution in [3.05, 3.63) is 24.3 Å². The van der Waals surface area contributed by atoms with E-state index in [9.17, 15) is 19.8 Å². The van der Waals surface area contributed by atoms with Crippen LogP contribution in [0.2, 0.25) is 0 Å². The van der Waals surface area contributed by atoms with Crippen LogP contribution in [-0.4, -0.2) is 47.4 Å². The lowest BCUT2D eigenvalue weighted by atomic mass is 10.0. The third kappa shape index (κ3) is 49.8. The summed E-state index contributed by atoms with van der Waals surface area (Å²) in [5.41, 5.74) is 0. The van der Waals surface area contributed by atoms with E-state index in [0.717, 1.165) is 83.5 Å². The van der Waals surface area contributed by atoms with E-state index in [2.05, 4.69) is 43.5 Å². The first-order valence-corrected chi connectivity index (χ1v) is 28.6. The molecule has 0 aliphatic rings. The first-order chi connectivity index (χ1) is 31.5. The molecule has 6 heteroatoms. The molecule has 0 radical (unpaired) electrons. The number of carbonyl (C=O) groups excluding carboxylic acids is 2. The largest absolute Gasteiger partial charge is 0.466 e. The molecule has 0 aromatic carbocycles. The van der Waals surface area contributed by atoms with E-state index in [1.807, 2.05) is 0 Å². The summed E-state index contributed by atoms with van der Waals surface area (Å²) in [5, 5.41) is 23.3. The van der Waals surface area contributed by atoms with Crippen LogP contribution >= 0.6 is 0 Å². The molecule has 0 saturated heterocycles. The first kappa shape index (κ1) is 62.3. The highest BCUT2D eigenvalue weighted by Crippen LogP contribution is 2.17. The number of nitrogens with one attached hydrogen (secondary N) is 1. The second kappa shape index (κ2) is 54.0. The van der Waals surface area contributed by atoms with E-state index < -0.39 is 12.1 Å². The van der Waals surface area contributed by atoms with Crippen molar-refractivity contribution in [2.24, 2.45) is 0 Å². The average molecular weight is 903 g/mol. The van der Waals surface area contributed by atoms with Gasteiger partial charge in [-0.3, -0.25) is 9.59 Å². The molecule has 0 fully saturated rings. The Morgan fingerprint density at radius 1 is 0.438 bits per heavy atom. The molecule has 2 unspecified atom stereocenters. The van der Waals surface area contributed by atoms with Crippen LogP contribution in [0.5, 0.6) is 0 Å². The van der Waals surface area contributed by atoms with Gasteiger partial charge in [-0.1, -0.05) is 256 Å². The zero-order valence-corrected chi connectivity index (χ0v) is 43.0. The molecule has 0 saturated carbocycles. The van der Waals surface area contributed by atoms with Crippen molar-refractivity contribution in [1.82, 2.24) is 5.32 Å². The Kier molecular flexibility index (Phi) is 52.6. The second-order valence-electron chi connectivity index (χ2n) is 19.6. The quantitative estimate of drug-likeness (QED) is 0.0321. The van der Waals surface area contributed by atoms with Crippen molar-refractivity contribution in [2.75, 3.05) is 13.2 Å². The van der Waals surface area contributed by atoms with E-state index in [0.29, 0.717) is 25.9 Å². The fourth-order valence-electron chi connectivity index (χ4n) is 8.85. The number of unbranched alkanes of at least 4 members (excludes halogenated alkanes) is 38. The van der Waals surface area contributed by atoms with Gasteiger partial charge >= 0.3 is 5.97 Å². The van der Waals surface area contributed by atoms with Gasteiger partial charge in [0.25, 0.3) is 0 Å².